The Hall–Kier alpha value is -2.86. The Balaban J connectivity index is 1.63. The lowest BCUT2D eigenvalue weighted by Crippen LogP contribution is -2.39. The maximum Gasteiger partial charge on any atom is 0.266 e. The quantitative estimate of drug-likeness (QED) is 0.885. The van der Waals surface area contributed by atoms with Crippen LogP contribution in [-0.4, -0.2) is 25.0 Å². The van der Waals surface area contributed by atoms with Crippen molar-refractivity contribution in [3.63, 3.8) is 0 Å². The van der Waals surface area contributed by atoms with Crippen molar-refractivity contribution in [3.05, 3.63) is 54.1 Å². The van der Waals surface area contributed by atoms with E-state index >= 15 is 0 Å². The summed E-state index contributed by atoms with van der Waals surface area (Å²) in [5.41, 5.74) is 2.23. The van der Waals surface area contributed by atoms with Gasteiger partial charge in [-0.3, -0.25) is 9.59 Å². The molecule has 1 aliphatic rings. The number of anilines is 2. The van der Waals surface area contributed by atoms with Crippen LogP contribution in [-0.2, 0) is 20.9 Å². The average Bonchev–Trinajstić information content (AvgIpc) is 2.56. The molecule has 1 aliphatic heterocycles. The van der Waals surface area contributed by atoms with Crippen LogP contribution in [0.5, 0.6) is 5.75 Å². The molecule has 6 heteroatoms. The molecule has 2 aromatic carbocycles. The van der Waals surface area contributed by atoms with Crippen LogP contribution >= 0.6 is 0 Å². The Kier molecular flexibility index (Phi) is 4.77. The summed E-state index contributed by atoms with van der Waals surface area (Å²) in [4.78, 5) is 24.3. The van der Waals surface area contributed by atoms with Crippen molar-refractivity contribution in [1.29, 1.82) is 0 Å². The van der Waals surface area contributed by atoms with E-state index in [1.54, 1.807) is 25.3 Å². The average molecular weight is 326 g/mol. The second-order valence-corrected chi connectivity index (χ2v) is 5.48. The summed E-state index contributed by atoms with van der Waals surface area (Å²) in [6.45, 7) is 0.467. The molecule has 2 N–H and O–H groups in total. The van der Waals surface area contributed by atoms with Gasteiger partial charge in [0.25, 0.3) is 5.91 Å². The van der Waals surface area contributed by atoms with Crippen LogP contribution in [0, 0.1) is 0 Å². The minimum Gasteiger partial charge on any atom is -0.478 e. The molecule has 124 valence electrons. The summed E-state index contributed by atoms with van der Waals surface area (Å²) in [6, 6.07) is 14.5. The maximum absolute atomic E-state index is 12.2. The molecular weight excluding hydrogens is 308 g/mol. The molecule has 6 nitrogen and oxygen atoms in total. The largest absolute Gasteiger partial charge is 0.478 e. The van der Waals surface area contributed by atoms with Crippen LogP contribution in [0.1, 0.15) is 12.0 Å². The van der Waals surface area contributed by atoms with Crippen LogP contribution in [0.3, 0.4) is 0 Å². The number of para-hydroxylation sites is 2. The number of nitrogens with one attached hydrogen (secondary N) is 2. The van der Waals surface area contributed by atoms with Crippen molar-refractivity contribution >= 4 is 23.2 Å². The standard InChI is InChI=1S/C18H18N2O4/c1-23-11-12-5-4-6-13(9-12)19-17(21)10-16-18(22)20-14-7-2-3-8-15(14)24-16/h2-9,16H,10-11H2,1H3,(H,19,21)(H,20,22). The van der Waals surface area contributed by atoms with E-state index in [1.165, 1.54) is 0 Å². The summed E-state index contributed by atoms with van der Waals surface area (Å²) in [7, 11) is 1.61. The highest BCUT2D eigenvalue weighted by atomic mass is 16.5. The smallest absolute Gasteiger partial charge is 0.266 e. The SMILES string of the molecule is COCc1cccc(NC(=O)CC2Oc3ccccc3NC2=O)c1. The molecule has 2 amide bonds. The van der Waals surface area contributed by atoms with Gasteiger partial charge in [-0.2, -0.15) is 0 Å². The molecule has 1 heterocycles. The van der Waals surface area contributed by atoms with Crippen molar-refractivity contribution in [3.8, 4) is 5.75 Å². The third-order valence-electron chi connectivity index (χ3n) is 3.60. The van der Waals surface area contributed by atoms with E-state index in [9.17, 15) is 9.59 Å². The number of amides is 2. The fraction of sp³-hybridized carbons (Fsp3) is 0.222. The Bertz CT molecular complexity index is 760. The van der Waals surface area contributed by atoms with Gasteiger partial charge in [0.2, 0.25) is 5.91 Å². The highest BCUT2D eigenvalue weighted by molar-refractivity contribution is 6.01. The minimum absolute atomic E-state index is 0.0608. The summed E-state index contributed by atoms with van der Waals surface area (Å²) in [6.07, 6.45) is -0.906. The predicted molar refractivity (Wildman–Crippen MR) is 89.9 cm³/mol. The van der Waals surface area contributed by atoms with Gasteiger partial charge in [0.1, 0.15) is 5.75 Å². The molecule has 0 saturated heterocycles. The first-order valence-electron chi connectivity index (χ1n) is 7.60. The molecule has 0 aliphatic carbocycles. The first-order chi connectivity index (χ1) is 11.7. The first kappa shape index (κ1) is 16.0. The Morgan fingerprint density at radius 1 is 1.25 bits per heavy atom. The molecule has 3 rings (SSSR count). The maximum atomic E-state index is 12.2. The molecule has 24 heavy (non-hydrogen) atoms. The molecule has 1 atom stereocenters. The minimum atomic E-state index is -0.845. The summed E-state index contributed by atoms with van der Waals surface area (Å²) in [5, 5.41) is 5.52. The van der Waals surface area contributed by atoms with Gasteiger partial charge < -0.3 is 20.1 Å². The van der Waals surface area contributed by atoms with E-state index in [0.717, 1.165) is 5.56 Å². The fourth-order valence-corrected chi connectivity index (χ4v) is 2.51. The molecule has 0 bridgehead atoms. The van der Waals surface area contributed by atoms with Gasteiger partial charge >= 0.3 is 0 Å². The van der Waals surface area contributed by atoms with Gasteiger partial charge in [-0.1, -0.05) is 24.3 Å². The third-order valence-corrected chi connectivity index (χ3v) is 3.60. The lowest BCUT2D eigenvalue weighted by molar-refractivity contribution is -0.128. The molecule has 2 aromatic rings. The van der Waals surface area contributed by atoms with Gasteiger partial charge in [0, 0.05) is 12.8 Å². The number of methoxy groups -OCH3 is 1. The number of carbonyl (C=O) groups excluding carboxylic acids is 2. The number of rotatable bonds is 5. The van der Waals surface area contributed by atoms with E-state index < -0.39 is 6.10 Å². The van der Waals surface area contributed by atoms with Crippen molar-refractivity contribution < 1.29 is 19.1 Å². The number of carbonyl (C=O) groups is 2. The van der Waals surface area contributed by atoms with Crippen LogP contribution in [0.2, 0.25) is 0 Å². The van der Waals surface area contributed by atoms with Crippen LogP contribution < -0.4 is 15.4 Å². The van der Waals surface area contributed by atoms with E-state index in [4.69, 9.17) is 9.47 Å². The highest BCUT2D eigenvalue weighted by Crippen LogP contribution is 2.29. The van der Waals surface area contributed by atoms with Crippen molar-refractivity contribution in [2.75, 3.05) is 17.7 Å². The molecule has 0 radical (unpaired) electrons. The second-order valence-electron chi connectivity index (χ2n) is 5.48. The van der Waals surface area contributed by atoms with Crippen LogP contribution in [0.15, 0.2) is 48.5 Å². The number of benzene rings is 2. The van der Waals surface area contributed by atoms with E-state index in [0.29, 0.717) is 23.7 Å². The van der Waals surface area contributed by atoms with Crippen LogP contribution in [0.4, 0.5) is 11.4 Å². The number of hydrogen-bond donors (Lipinski definition) is 2. The van der Waals surface area contributed by atoms with Gasteiger partial charge in [0.15, 0.2) is 6.10 Å². The monoisotopic (exact) mass is 326 g/mol. The Morgan fingerprint density at radius 3 is 2.92 bits per heavy atom. The zero-order chi connectivity index (χ0) is 16.9. The second kappa shape index (κ2) is 7.14. The van der Waals surface area contributed by atoms with Gasteiger partial charge in [-0.05, 0) is 29.8 Å². The van der Waals surface area contributed by atoms with Crippen molar-refractivity contribution in [2.24, 2.45) is 0 Å². The number of hydrogen-bond acceptors (Lipinski definition) is 4. The number of ether oxygens (including phenoxy) is 2. The van der Waals surface area contributed by atoms with Crippen molar-refractivity contribution in [2.45, 2.75) is 19.1 Å². The lowest BCUT2D eigenvalue weighted by Gasteiger charge is -2.25. The highest BCUT2D eigenvalue weighted by Gasteiger charge is 2.29. The Labute approximate surface area is 139 Å². The molecule has 0 aromatic heterocycles. The first-order valence-corrected chi connectivity index (χ1v) is 7.60. The molecular formula is C18H18N2O4. The molecule has 0 saturated carbocycles. The fourth-order valence-electron chi connectivity index (χ4n) is 2.51. The van der Waals surface area contributed by atoms with E-state index in [-0.39, 0.29) is 18.2 Å². The zero-order valence-electron chi connectivity index (χ0n) is 13.2. The molecule has 0 fully saturated rings. The zero-order valence-corrected chi connectivity index (χ0v) is 13.2. The van der Waals surface area contributed by atoms with Crippen molar-refractivity contribution in [1.82, 2.24) is 0 Å². The van der Waals surface area contributed by atoms with Crippen LogP contribution in [0.25, 0.3) is 0 Å². The van der Waals surface area contributed by atoms with Gasteiger partial charge in [-0.15, -0.1) is 0 Å². The van der Waals surface area contributed by atoms with E-state index in [2.05, 4.69) is 10.6 Å². The topological polar surface area (TPSA) is 76.7 Å². The third kappa shape index (κ3) is 3.72. The Morgan fingerprint density at radius 2 is 2.08 bits per heavy atom. The number of fused-ring (bicyclic) bond motifs is 1. The lowest BCUT2D eigenvalue weighted by atomic mass is 10.1. The normalized spacial score (nSPS) is 15.9. The molecule has 1 unspecified atom stereocenters. The van der Waals surface area contributed by atoms with E-state index in [1.807, 2.05) is 30.3 Å². The summed E-state index contributed by atoms with van der Waals surface area (Å²) in [5.74, 6) is -0.0435. The van der Waals surface area contributed by atoms with Gasteiger partial charge in [0.05, 0.1) is 18.7 Å². The summed E-state index contributed by atoms with van der Waals surface area (Å²) >= 11 is 0. The van der Waals surface area contributed by atoms with Gasteiger partial charge in [-0.25, -0.2) is 0 Å². The summed E-state index contributed by atoms with van der Waals surface area (Å²) < 4.78 is 10.7. The molecule has 0 spiro atoms. The predicted octanol–water partition coefficient (Wildman–Crippen LogP) is 2.56.